The van der Waals surface area contributed by atoms with Gasteiger partial charge in [-0.15, -0.1) is 11.3 Å². The van der Waals surface area contributed by atoms with Gasteiger partial charge in [0.25, 0.3) is 0 Å². The van der Waals surface area contributed by atoms with Crippen molar-refractivity contribution in [3.63, 3.8) is 0 Å². The molecule has 4 rings (SSSR count). The highest BCUT2D eigenvalue weighted by atomic mass is 32.2. The molecule has 1 amide bonds. The first-order chi connectivity index (χ1) is 16.2. The van der Waals surface area contributed by atoms with E-state index >= 15 is 0 Å². The van der Waals surface area contributed by atoms with Crippen LogP contribution < -0.4 is 4.74 Å². The van der Waals surface area contributed by atoms with Crippen LogP contribution in [-0.4, -0.2) is 52.1 Å². The van der Waals surface area contributed by atoms with Crippen LogP contribution in [0.5, 0.6) is 5.75 Å². The van der Waals surface area contributed by atoms with Crippen molar-refractivity contribution in [3.05, 3.63) is 45.9 Å². The minimum atomic E-state index is -1.60. The number of piperidine rings is 1. The van der Waals surface area contributed by atoms with Gasteiger partial charge >= 0.3 is 17.5 Å². The zero-order chi connectivity index (χ0) is 24.1. The Morgan fingerprint density at radius 3 is 2.50 bits per heavy atom. The lowest BCUT2D eigenvalue weighted by Crippen LogP contribution is -2.41. The van der Waals surface area contributed by atoms with Gasteiger partial charge in [-0.2, -0.15) is 4.21 Å². The average molecular weight is 509 g/mol. The average Bonchev–Trinajstić information content (AvgIpc) is 3.28. The van der Waals surface area contributed by atoms with Crippen LogP contribution in [0.4, 0.5) is 4.79 Å². The number of likely N-dealkylation sites (tertiary alicyclic amines) is 1. The lowest BCUT2D eigenvalue weighted by Gasteiger charge is -2.32. The molecule has 10 heteroatoms. The molecule has 2 saturated heterocycles. The monoisotopic (exact) mass is 508 g/mol. The fourth-order valence-corrected chi connectivity index (χ4v) is 5.58. The molecule has 2 aromatic rings. The summed E-state index contributed by atoms with van der Waals surface area (Å²) < 4.78 is 32.6. The molecule has 2 fully saturated rings. The third-order valence-electron chi connectivity index (χ3n) is 5.70. The second-order valence-corrected chi connectivity index (χ2v) is 11.5. The molecule has 0 saturated carbocycles. The summed E-state index contributed by atoms with van der Waals surface area (Å²) in [5.74, 6) is 1.36. The number of carbonyl (C=O) groups excluding carboxylic acids is 1. The van der Waals surface area contributed by atoms with Gasteiger partial charge in [-0.25, -0.2) is 9.78 Å². The molecular weight excluding hydrogens is 476 g/mol. The zero-order valence-corrected chi connectivity index (χ0v) is 21.5. The summed E-state index contributed by atoms with van der Waals surface area (Å²) in [6, 6.07) is 7.98. The molecule has 0 bridgehead atoms. The number of ether oxygens (including phenoxy) is 2. The van der Waals surface area contributed by atoms with E-state index in [2.05, 4.69) is 5.38 Å². The summed E-state index contributed by atoms with van der Waals surface area (Å²) in [7, 11) is 0. The lowest BCUT2D eigenvalue weighted by molar-refractivity contribution is 0.0204. The quantitative estimate of drug-likeness (QED) is 0.563. The minimum absolute atomic E-state index is 0.203. The molecule has 186 valence electrons. The molecule has 0 unspecified atom stereocenters. The topological polar surface area (TPSA) is 87.2 Å². The van der Waals surface area contributed by atoms with Gasteiger partial charge in [-0.05, 0) is 57.7 Å². The summed E-state index contributed by atoms with van der Waals surface area (Å²) in [6.07, 6.45) is 2.35. The second-order valence-electron chi connectivity index (χ2n) is 9.69. The highest BCUT2D eigenvalue weighted by molar-refractivity contribution is 7.75. The summed E-state index contributed by atoms with van der Waals surface area (Å²) >= 11 is 0.0650. The third-order valence-corrected chi connectivity index (χ3v) is 7.41. The first-order valence-corrected chi connectivity index (χ1v) is 13.5. The maximum Gasteiger partial charge on any atom is 0.410 e. The van der Waals surface area contributed by atoms with Gasteiger partial charge in [0.05, 0.1) is 23.9 Å². The minimum Gasteiger partial charge on any atom is -0.487 e. The molecule has 3 heterocycles. The number of nitrogens with zero attached hydrogens (tertiary/aromatic N) is 2. The van der Waals surface area contributed by atoms with E-state index in [0.717, 1.165) is 41.3 Å². The normalized spacial score (nSPS) is 21.9. The predicted octanol–water partition coefficient (Wildman–Crippen LogP) is 4.62. The summed E-state index contributed by atoms with van der Waals surface area (Å²) in [5.41, 5.74) is 1.61. The van der Waals surface area contributed by atoms with Crippen LogP contribution in [-0.2, 0) is 37.5 Å². The number of carbonyl (C=O) groups is 1. The van der Waals surface area contributed by atoms with Crippen LogP contribution in [0.2, 0.25) is 0 Å². The number of thiazole rings is 1. The highest BCUT2D eigenvalue weighted by Gasteiger charge is 2.28. The number of rotatable bonds is 6. The van der Waals surface area contributed by atoms with E-state index in [-0.39, 0.29) is 12.0 Å². The second kappa shape index (κ2) is 11.2. The fraction of sp³-hybridized carbons (Fsp3) is 0.583. The molecule has 1 aromatic carbocycles. The molecule has 34 heavy (non-hydrogen) atoms. The standard InChI is InChI=1S/C24H32N2O6S2/c1-24(2,3)32-23(27)26-10-8-19(9-11-26)22-25-20(16-33-22)15-29-21-6-4-17(5-7-21)12-18-13-30-34(28)31-14-18/h4-7,16,18-19H,8-15H2,1-3H3/t18-,34-. The summed E-state index contributed by atoms with van der Waals surface area (Å²) in [5, 5.41) is 3.16. The first-order valence-electron chi connectivity index (χ1n) is 11.6. The Bertz CT molecular complexity index is 970. The van der Waals surface area contributed by atoms with Crippen molar-refractivity contribution < 1.29 is 26.8 Å². The number of benzene rings is 1. The SMILES string of the molecule is CC(C)(C)OC(=O)N1CCC(c2nc(COc3ccc(C[C@H]4CO[S@](=O)OC4)cc3)cs2)CC1. The van der Waals surface area contributed by atoms with E-state index in [9.17, 15) is 9.00 Å². The first kappa shape index (κ1) is 25.1. The Balaban J connectivity index is 1.21. The molecule has 0 atom stereocenters. The largest absolute Gasteiger partial charge is 0.487 e. The Labute approximate surface area is 207 Å². The maximum absolute atomic E-state index is 12.3. The number of amides is 1. The highest BCUT2D eigenvalue weighted by Crippen LogP contribution is 2.31. The van der Waals surface area contributed by atoms with E-state index in [1.165, 1.54) is 0 Å². The molecule has 0 radical (unpaired) electrons. The number of hydrogen-bond acceptors (Lipinski definition) is 8. The molecule has 2 aliphatic heterocycles. The Morgan fingerprint density at radius 1 is 1.18 bits per heavy atom. The summed E-state index contributed by atoms with van der Waals surface area (Å²) in [4.78, 5) is 18.8. The van der Waals surface area contributed by atoms with E-state index in [1.54, 1.807) is 16.2 Å². The fourth-order valence-electron chi connectivity index (χ4n) is 3.93. The molecule has 0 N–H and O–H groups in total. The summed E-state index contributed by atoms with van der Waals surface area (Å²) in [6.45, 7) is 8.34. The maximum atomic E-state index is 12.3. The van der Waals surface area contributed by atoms with E-state index in [4.69, 9.17) is 22.8 Å². The van der Waals surface area contributed by atoms with Crippen LogP contribution in [0.15, 0.2) is 29.6 Å². The Kier molecular flexibility index (Phi) is 8.23. The Morgan fingerprint density at radius 2 is 1.85 bits per heavy atom. The van der Waals surface area contributed by atoms with Crippen molar-refractivity contribution in [1.29, 1.82) is 0 Å². The van der Waals surface area contributed by atoms with Crippen LogP contribution in [0, 0.1) is 5.92 Å². The van der Waals surface area contributed by atoms with Gasteiger partial charge in [0, 0.05) is 30.3 Å². The third kappa shape index (κ3) is 7.24. The van der Waals surface area contributed by atoms with Crippen molar-refractivity contribution in [2.24, 2.45) is 5.92 Å². The van der Waals surface area contributed by atoms with E-state index in [0.29, 0.717) is 38.8 Å². The van der Waals surface area contributed by atoms with Crippen LogP contribution in [0.1, 0.15) is 55.8 Å². The van der Waals surface area contributed by atoms with Crippen molar-refractivity contribution in [2.45, 2.75) is 58.2 Å². The molecule has 0 spiro atoms. The van der Waals surface area contributed by atoms with Crippen molar-refractivity contribution in [2.75, 3.05) is 26.3 Å². The molecule has 0 aliphatic carbocycles. The predicted molar refractivity (Wildman–Crippen MR) is 130 cm³/mol. The lowest BCUT2D eigenvalue weighted by atomic mass is 9.98. The van der Waals surface area contributed by atoms with E-state index < -0.39 is 17.0 Å². The van der Waals surface area contributed by atoms with Gasteiger partial charge in [-0.1, -0.05) is 12.1 Å². The number of hydrogen-bond donors (Lipinski definition) is 0. The van der Waals surface area contributed by atoms with Crippen LogP contribution >= 0.6 is 11.3 Å². The molecular formula is C24H32N2O6S2. The smallest absolute Gasteiger partial charge is 0.410 e. The van der Waals surface area contributed by atoms with Crippen molar-refractivity contribution in [3.8, 4) is 5.75 Å². The van der Waals surface area contributed by atoms with Gasteiger partial charge < -0.3 is 14.4 Å². The van der Waals surface area contributed by atoms with E-state index in [1.807, 2.05) is 45.0 Å². The molecule has 2 aliphatic rings. The number of aromatic nitrogens is 1. The van der Waals surface area contributed by atoms with Gasteiger partial charge in [0.2, 0.25) is 0 Å². The van der Waals surface area contributed by atoms with Gasteiger partial charge in [-0.3, -0.25) is 8.37 Å². The molecule has 1 aromatic heterocycles. The van der Waals surface area contributed by atoms with Gasteiger partial charge in [0.15, 0.2) is 0 Å². The van der Waals surface area contributed by atoms with Crippen molar-refractivity contribution in [1.82, 2.24) is 9.88 Å². The van der Waals surface area contributed by atoms with Crippen LogP contribution in [0.3, 0.4) is 0 Å². The molecule has 8 nitrogen and oxygen atoms in total. The van der Waals surface area contributed by atoms with Crippen LogP contribution in [0.25, 0.3) is 0 Å². The zero-order valence-electron chi connectivity index (χ0n) is 19.9. The van der Waals surface area contributed by atoms with Gasteiger partial charge in [0.1, 0.15) is 18.0 Å². The van der Waals surface area contributed by atoms with Crippen molar-refractivity contribution >= 4 is 28.8 Å². The Hall–Kier alpha value is -2.01.